The van der Waals surface area contributed by atoms with Crippen LogP contribution in [0.1, 0.15) is 24.3 Å². The summed E-state index contributed by atoms with van der Waals surface area (Å²) in [7, 11) is 0. The van der Waals surface area contributed by atoms with Gasteiger partial charge in [0.15, 0.2) is 5.69 Å². The maximum Gasteiger partial charge on any atom is 0.274 e. The molecular formula is C18H24N6O. The van der Waals surface area contributed by atoms with Crippen LogP contribution in [-0.4, -0.2) is 58.7 Å². The molecule has 1 saturated heterocycles. The molecule has 0 aliphatic carbocycles. The first-order valence-electron chi connectivity index (χ1n) is 8.66. The fourth-order valence-electron chi connectivity index (χ4n) is 2.69. The molecule has 0 unspecified atom stereocenters. The summed E-state index contributed by atoms with van der Waals surface area (Å²) in [4.78, 5) is 21.0. The molecule has 1 fully saturated rings. The van der Waals surface area contributed by atoms with Crippen molar-refractivity contribution in [3.8, 4) is 0 Å². The first kappa shape index (κ1) is 17.1. The summed E-state index contributed by atoms with van der Waals surface area (Å²) < 4.78 is 0. The van der Waals surface area contributed by atoms with Crippen molar-refractivity contribution >= 4 is 17.5 Å². The smallest absolute Gasteiger partial charge is 0.274 e. The Hall–Kier alpha value is -2.70. The van der Waals surface area contributed by atoms with Crippen LogP contribution >= 0.6 is 0 Å². The molecule has 0 atom stereocenters. The summed E-state index contributed by atoms with van der Waals surface area (Å²) in [5.41, 5.74) is 0.390. The van der Waals surface area contributed by atoms with E-state index in [1.165, 1.54) is 0 Å². The van der Waals surface area contributed by atoms with Crippen molar-refractivity contribution in [2.75, 3.05) is 42.9 Å². The Balaban J connectivity index is 1.55. The van der Waals surface area contributed by atoms with E-state index in [1.807, 2.05) is 29.2 Å². The molecule has 0 saturated carbocycles. The zero-order valence-electron chi connectivity index (χ0n) is 14.7. The summed E-state index contributed by atoms with van der Waals surface area (Å²) >= 11 is 0. The van der Waals surface area contributed by atoms with Crippen LogP contribution in [0.25, 0.3) is 0 Å². The van der Waals surface area contributed by atoms with Crippen molar-refractivity contribution in [2.24, 2.45) is 5.92 Å². The van der Waals surface area contributed by atoms with Crippen LogP contribution in [0.2, 0.25) is 0 Å². The number of aromatic nitrogens is 3. The van der Waals surface area contributed by atoms with E-state index in [0.29, 0.717) is 30.5 Å². The van der Waals surface area contributed by atoms with E-state index in [4.69, 9.17) is 0 Å². The lowest BCUT2D eigenvalue weighted by atomic mass is 10.2. The zero-order chi connectivity index (χ0) is 17.6. The van der Waals surface area contributed by atoms with Gasteiger partial charge in [-0.3, -0.25) is 4.79 Å². The van der Waals surface area contributed by atoms with E-state index in [0.717, 1.165) is 25.5 Å². The molecular weight excluding hydrogens is 316 g/mol. The van der Waals surface area contributed by atoms with Gasteiger partial charge in [-0.2, -0.15) is 0 Å². The number of piperazine rings is 1. The quantitative estimate of drug-likeness (QED) is 0.896. The predicted molar refractivity (Wildman–Crippen MR) is 97.7 cm³/mol. The van der Waals surface area contributed by atoms with Crippen LogP contribution in [0.4, 0.5) is 11.6 Å². The number of hydrogen-bond acceptors (Lipinski definition) is 6. The number of carbonyl (C=O) groups excluding carboxylic acids is 1. The number of carbonyl (C=O) groups is 1. The molecule has 1 N–H and O–H groups in total. The fraction of sp³-hybridized carbons (Fsp3) is 0.444. The Morgan fingerprint density at radius 2 is 1.92 bits per heavy atom. The summed E-state index contributed by atoms with van der Waals surface area (Å²) in [6.07, 6.45) is 1.79. The number of anilines is 2. The lowest BCUT2D eigenvalue weighted by Crippen LogP contribution is -2.49. The Labute approximate surface area is 148 Å². The van der Waals surface area contributed by atoms with Crippen molar-refractivity contribution in [1.29, 1.82) is 0 Å². The minimum absolute atomic E-state index is 0.0661. The molecule has 2 aromatic rings. The summed E-state index contributed by atoms with van der Waals surface area (Å²) in [5.74, 6) is 2.11. The lowest BCUT2D eigenvalue weighted by molar-refractivity contribution is 0.0739. The second-order valence-electron chi connectivity index (χ2n) is 6.55. The Morgan fingerprint density at radius 1 is 1.12 bits per heavy atom. The monoisotopic (exact) mass is 340 g/mol. The van der Waals surface area contributed by atoms with E-state index < -0.39 is 0 Å². The summed E-state index contributed by atoms with van der Waals surface area (Å²) in [6.45, 7) is 7.94. The second kappa shape index (κ2) is 7.92. The molecule has 1 aliphatic heterocycles. The van der Waals surface area contributed by atoms with Gasteiger partial charge in [-0.05, 0) is 30.2 Å². The van der Waals surface area contributed by atoms with Crippen LogP contribution < -0.4 is 10.2 Å². The van der Waals surface area contributed by atoms with Gasteiger partial charge in [0.1, 0.15) is 11.6 Å². The third-order valence-corrected chi connectivity index (χ3v) is 4.12. The van der Waals surface area contributed by atoms with Gasteiger partial charge in [0.25, 0.3) is 5.91 Å². The highest BCUT2D eigenvalue weighted by Crippen LogP contribution is 2.14. The first-order valence-corrected chi connectivity index (χ1v) is 8.66. The molecule has 3 rings (SSSR count). The van der Waals surface area contributed by atoms with E-state index in [2.05, 4.69) is 39.2 Å². The standard InChI is InChI=1S/C18H24N6O/c1-14(2)13-20-16-7-6-15(21-22-16)18(25)24-11-9-23(10-12-24)17-5-3-4-8-19-17/h3-8,14H,9-13H2,1-2H3,(H,20,22). The van der Waals surface area contributed by atoms with Gasteiger partial charge in [0, 0.05) is 38.9 Å². The number of amides is 1. The number of rotatable bonds is 5. The number of nitrogens with zero attached hydrogens (tertiary/aromatic N) is 5. The molecule has 1 aliphatic rings. The van der Waals surface area contributed by atoms with E-state index in [-0.39, 0.29) is 5.91 Å². The predicted octanol–water partition coefficient (Wildman–Crippen LogP) is 1.90. The molecule has 7 heteroatoms. The van der Waals surface area contributed by atoms with Gasteiger partial charge in [0.05, 0.1) is 0 Å². The van der Waals surface area contributed by atoms with Crippen molar-refractivity contribution < 1.29 is 4.79 Å². The molecule has 0 radical (unpaired) electrons. The molecule has 25 heavy (non-hydrogen) atoms. The number of pyridine rings is 1. The van der Waals surface area contributed by atoms with Crippen molar-refractivity contribution in [3.05, 3.63) is 42.2 Å². The maximum atomic E-state index is 12.6. The number of nitrogens with one attached hydrogen (secondary N) is 1. The normalized spacial score (nSPS) is 14.7. The molecule has 132 valence electrons. The Kier molecular flexibility index (Phi) is 5.42. The van der Waals surface area contributed by atoms with Crippen LogP contribution in [0.3, 0.4) is 0 Å². The lowest BCUT2D eigenvalue weighted by Gasteiger charge is -2.35. The van der Waals surface area contributed by atoms with Gasteiger partial charge in [0.2, 0.25) is 0 Å². The Morgan fingerprint density at radius 3 is 2.52 bits per heavy atom. The van der Waals surface area contributed by atoms with Crippen LogP contribution in [0.15, 0.2) is 36.5 Å². The third-order valence-electron chi connectivity index (χ3n) is 4.12. The van der Waals surface area contributed by atoms with Gasteiger partial charge in [-0.25, -0.2) is 4.98 Å². The molecule has 7 nitrogen and oxygen atoms in total. The first-order chi connectivity index (χ1) is 12.1. The highest BCUT2D eigenvalue weighted by Gasteiger charge is 2.23. The van der Waals surface area contributed by atoms with Crippen molar-refractivity contribution in [3.63, 3.8) is 0 Å². The van der Waals surface area contributed by atoms with Crippen LogP contribution in [-0.2, 0) is 0 Å². The van der Waals surface area contributed by atoms with Gasteiger partial charge < -0.3 is 15.1 Å². The van der Waals surface area contributed by atoms with Crippen molar-refractivity contribution in [1.82, 2.24) is 20.1 Å². The SMILES string of the molecule is CC(C)CNc1ccc(C(=O)N2CCN(c3ccccn3)CC2)nn1. The van der Waals surface area contributed by atoms with Crippen LogP contribution in [0, 0.1) is 5.92 Å². The molecule has 1 amide bonds. The van der Waals surface area contributed by atoms with E-state index in [9.17, 15) is 4.79 Å². The van der Waals surface area contributed by atoms with Gasteiger partial charge >= 0.3 is 0 Å². The third kappa shape index (κ3) is 4.43. The van der Waals surface area contributed by atoms with Gasteiger partial charge in [-0.15, -0.1) is 10.2 Å². The molecule has 2 aromatic heterocycles. The average Bonchev–Trinajstić information content (AvgIpc) is 2.67. The maximum absolute atomic E-state index is 12.6. The molecule has 3 heterocycles. The van der Waals surface area contributed by atoms with Crippen molar-refractivity contribution in [2.45, 2.75) is 13.8 Å². The molecule has 0 aromatic carbocycles. The highest BCUT2D eigenvalue weighted by molar-refractivity contribution is 5.92. The molecule has 0 bridgehead atoms. The summed E-state index contributed by atoms with van der Waals surface area (Å²) in [5, 5.41) is 11.4. The summed E-state index contributed by atoms with van der Waals surface area (Å²) in [6, 6.07) is 9.42. The second-order valence-corrected chi connectivity index (χ2v) is 6.55. The number of hydrogen-bond donors (Lipinski definition) is 1. The fourth-order valence-corrected chi connectivity index (χ4v) is 2.69. The largest absolute Gasteiger partial charge is 0.368 e. The highest BCUT2D eigenvalue weighted by atomic mass is 16.2. The average molecular weight is 340 g/mol. The molecule has 0 spiro atoms. The van der Waals surface area contributed by atoms with Crippen LogP contribution in [0.5, 0.6) is 0 Å². The Bertz CT molecular complexity index is 680. The topological polar surface area (TPSA) is 74.2 Å². The van der Waals surface area contributed by atoms with Gasteiger partial charge in [-0.1, -0.05) is 19.9 Å². The minimum atomic E-state index is -0.0661. The van der Waals surface area contributed by atoms with E-state index in [1.54, 1.807) is 12.3 Å². The minimum Gasteiger partial charge on any atom is -0.368 e. The van der Waals surface area contributed by atoms with E-state index >= 15 is 0 Å². The zero-order valence-corrected chi connectivity index (χ0v) is 14.7.